The van der Waals surface area contributed by atoms with Crippen LogP contribution >= 0.6 is 0 Å². The molecule has 60 valence electrons. The van der Waals surface area contributed by atoms with Crippen molar-refractivity contribution in [3.8, 4) is 0 Å². The number of rotatable bonds is 3. The number of nitrogens with two attached hydrogens (primary N) is 2. The van der Waals surface area contributed by atoms with Crippen molar-refractivity contribution in [2.45, 2.75) is 18.6 Å². The number of halogens is 3. The first kappa shape index (κ1) is 9.22. The number of hydrogen-bond acceptors (Lipinski definition) is 2. The Bertz CT molecular complexity index is 130. The highest BCUT2D eigenvalue weighted by molar-refractivity contribution is 5.80. The predicted molar refractivity (Wildman–Crippen MR) is 28.1 cm³/mol. The van der Waals surface area contributed by atoms with Crippen LogP contribution in [0.25, 0.3) is 0 Å². The summed E-state index contributed by atoms with van der Waals surface area (Å²) in [5.74, 6) is -1.27. The van der Waals surface area contributed by atoms with Gasteiger partial charge in [0.15, 0.2) is 6.17 Å². The molecule has 1 amide bonds. The molecule has 0 rings (SSSR count). The van der Waals surface area contributed by atoms with Crippen molar-refractivity contribution in [2.75, 3.05) is 0 Å². The Morgan fingerprint density at radius 3 is 1.80 bits per heavy atom. The van der Waals surface area contributed by atoms with E-state index in [1.54, 1.807) is 0 Å². The van der Waals surface area contributed by atoms with Gasteiger partial charge in [-0.2, -0.15) is 0 Å². The van der Waals surface area contributed by atoms with Crippen molar-refractivity contribution < 1.29 is 18.0 Å². The highest BCUT2D eigenvalue weighted by atomic mass is 19.3. The minimum atomic E-state index is -3.26. The lowest BCUT2D eigenvalue weighted by atomic mass is 10.2. The van der Waals surface area contributed by atoms with Gasteiger partial charge in [0, 0.05) is 0 Å². The van der Waals surface area contributed by atoms with Gasteiger partial charge in [0.05, 0.1) is 0 Å². The number of primary amides is 1. The Morgan fingerprint density at radius 1 is 1.30 bits per heavy atom. The standard InChI is InChI=1S/C4H7F3N2O/c5-1(3(6)7)2(8)4(9)10/h1-3H,8H2,(H2,9,10). The van der Waals surface area contributed by atoms with Gasteiger partial charge in [-0.3, -0.25) is 4.79 Å². The Morgan fingerprint density at radius 2 is 1.70 bits per heavy atom. The summed E-state index contributed by atoms with van der Waals surface area (Å²) in [5, 5.41) is 0. The van der Waals surface area contributed by atoms with E-state index in [0.717, 1.165) is 0 Å². The SMILES string of the molecule is NC(=O)C(N)C(F)C(F)F. The minimum Gasteiger partial charge on any atom is -0.368 e. The maximum Gasteiger partial charge on any atom is 0.271 e. The van der Waals surface area contributed by atoms with Crippen LogP contribution in [0.3, 0.4) is 0 Å². The van der Waals surface area contributed by atoms with Crippen molar-refractivity contribution in [3.05, 3.63) is 0 Å². The van der Waals surface area contributed by atoms with Crippen molar-refractivity contribution >= 4 is 5.91 Å². The molecule has 0 aliphatic carbocycles. The molecule has 0 bridgehead atoms. The topological polar surface area (TPSA) is 69.1 Å². The maximum absolute atomic E-state index is 12.0. The smallest absolute Gasteiger partial charge is 0.271 e. The molecular formula is C4H7F3N2O. The van der Waals surface area contributed by atoms with E-state index in [4.69, 9.17) is 0 Å². The van der Waals surface area contributed by atoms with Gasteiger partial charge < -0.3 is 11.5 Å². The van der Waals surface area contributed by atoms with Crippen molar-refractivity contribution in [2.24, 2.45) is 11.5 Å². The van der Waals surface area contributed by atoms with Gasteiger partial charge in [0.25, 0.3) is 6.43 Å². The summed E-state index contributed by atoms with van der Waals surface area (Å²) in [6, 6.07) is -1.92. The average Bonchev–Trinajstić information content (AvgIpc) is 1.84. The lowest BCUT2D eigenvalue weighted by molar-refractivity contribution is -0.122. The van der Waals surface area contributed by atoms with Crippen LogP contribution in [0.15, 0.2) is 0 Å². The first-order valence-electron chi connectivity index (χ1n) is 2.44. The number of amides is 1. The van der Waals surface area contributed by atoms with Gasteiger partial charge >= 0.3 is 0 Å². The Hall–Kier alpha value is -0.780. The lowest BCUT2D eigenvalue weighted by Gasteiger charge is -2.11. The molecular weight excluding hydrogens is 149 g/mol. The van der Waals surface area contributed by atoms with E-state index in [0.29, 0.717) is 0 Å². The molecule has 10 heavy (non-hydrogen) atoms. The fourth-order valence-corrected chi connectivity index (χ4v) is 0.314. The van der Waals surface area contributed by atoms with Crippen LogP contribution in [-0.4, -0.2) is 24.5 Å². The van der Waals surface area contributed by atoms with E-state index in [1.807, 2.05) is 0 Å². The fraction of sp³-hybridized carbons (Fsp3) is 0.750. The number of alkyl halides is 3. The largest absolute Gasteiger partial charge is 0.368 e. The zero-order valence-corrected chi connectivity index (χ0v) is 4.93. The van der Waals surface area contributed by atoms with Crippen LogP contribution in [-0.2, 0) is 4.79 Å². The van der Waals surface area contributed by atoms with Crippen molar-refractivity contribution in [1.29, 1.82) is 0 Å². The summed E-state index contributed by atoms with van der Waals surface area (Å²) in [6.45, 7) is 0. The molecule has 0 saturated carbocycles. The molecule has 2 atom stereocenters. The van der Waals surface area contributed by atoms with Gasteiger partial charge in [0.1, 0.15) is 6.04 Å². The second-order valence-corrected chi connectivity index (χ2v) is 1.71. The van der Waals surface area contributed by atoms with Crippen LogP contribution in [0.2, 0.25) is 0 Å². The Labute approximate surface area is 55.2 Å². The summed E-state index contributed by atoms with van der Waals surface area (Å²) in [5.41, 5.74) is 9.07. The van der Waals surface area contributed by atoms with E-state index in [2.05, 4.69) is 11.5 Å². The third kappa shape index (κ3) is 2.22. The molecule has 0 aliphatic rings. The van der Waals surface area contributed by atoms with E-state index in [-0.39, 0.29) is 0 Å². The van der Waals surface area contributed by atoms with Gasteiger partial charge in [-0.1, -0.05) is 0 Å². The van der Waals surface area contributed by atoms with E-state index >= 15 is 0 Å². The zero-order chi connectivity index (χ0) is 8.31. The number of carbonyl (C=O) groups is 1. The predicted octanol–water partition coefficient (Wildman–Crippen LogP) is -0.598. The summed E-state index contributed by atoms with van der Waals surface area (Å²) in [4.78, 5) is 9.97. The summed E-state index contributed by atoms with van der Waals surface area (Å²) >= 11 is 0. The van der Waals surface area contributed by atoms with Gasteiger partial charge in [-0.05, 0) is 0 Å². The normalized spacial score (nSPS) is 16.9. The van der Waals surface area contributed by atoms with E-state index in [1.165, 1.54) is 0 Å². The Kier molecular flexibility index (Phi) is 3.14. The number of hydrogen-bond donors (Lipinski definition) is 2. The van der Waals surface area contributed by atoms with Crippen molar-refractivity contribution in [3.63, 3.8) is 0 Å². The molecule has 0 radical (unpaired) electrons. The summed E-state index contributed by atoms with van der Waals surface area (Å²) in [7, 11) is 0. The van der Waals surface area contributed by atoms with Gasteiger partial charge in [-0.25, -0.2) is 13.2 Å². The third-order valence-electron chi connectivity index (χ3n) is 0.912. The molecule has 0 spiro atoms. The van der Waals surface area contributed by atoms with E-state index in [9.17, 15) is 18.0 Å². The molecule has 0 saturated heterocycles. The molecule has 3 nitrogen and oxygen atoms in total. The second-order valence-electron chi connectivity index (χ2n) is 1.71. The minimum absolute atomic E-state index is 1.27. The second kappa shape index (κ2) is 3.40. The lowest BCUT2D eigenvalue weighted by Crippen LogP contribution is -2.46. The monoisotopic (exact) mass is 156 g/mol. The van der Waals surface area contributed by atoms with Crippen molar-refractivity contribution in [1.82, 2.24) is 0 Å². The third-order valence-corrected chi connectivity index (χ3v) is 0.912. The zero-order valence-electron chi connectivity index (χ0n) is 4.93. The molecule has 0 aromatic heterocycles. The highest BCUT2D eigenvalue weighted by Crippen LogP contribution is 2.07. The van der Waals surface area contributed by atoms with Gasteiger partial charge in [0.2, 0.25) is 5.91 Å². The maximum atomic E-state index is 12.0. The van der Waals surface area contributed by atoms with Crippen LogP contribution in [0.5, 0.6) is 0 Å². The molecule has 0 aliphatic heterocycles. The molecule has 0 aromatic rings. The van der Waals surface area contributed by atoms with Crippen LogP contribution in [0, 0.1) is 0 Å². The number of carbonyl (C=O) groups excluding carboxylic acids is 1. The summed E-state index contributed by atoms with van der Waals surface area (Å²) in [6.07, 6.45) is -5.93. The Balaban J connectivity index is 3.94. The summed E-state index contributed by atoms with van der Waals surface area (Å²) < 4.78 is 34.7. The quantitative estimate of drug-likeness (QED) is 0.573. The molecule has 6 heteroatoms. The highest BCUT2D eigenvalue weighted by Gasteiger charge is 2.30. The molecule has 4 N–H and O–H groups in total. The van der Waals surface area contributed by atoms with Crippen LogP contribution < -0.4 is 11.5 Å². The fourth-order valence-electron chi connectivity index (χ4n) is 0.314. The van der Waals surface area contributed by atoms with Crippen LogP contribution in [0.4, 0.5) is 13.2 Å². The molecule has 0 heterocycles. The van der Waals surface area contributed by atoms with E-state index < -0.39 is 24.5 Å². The van der Waals surface area contributed by atoms with Gasteiger partial charge in [-0.15, -0.1) is 0 Å². The first-order valence-corrected chi connectivity index (χ1v) is 2.44. The average molecular weight is 156 g/mol. The molecule has 0 fully saturated rings. The molecule has 2 unspecified atom stereocenters. The van der Waals surface area contributed by atoms with Crippen LogP contribution in [0.1, 0.15) is 0 Å². The molecule has 0 aromatic carbocycles. The first-order chi connectivity index (χ1) is 4.46.